The zero-order valence-corrected chi connectivity index (χ0v) is 15.6. The number of ether oxygens (including phenoxy) is 3. The number of amides is 4. The number of piperidine rings is 1. The van der Waals surface area contributed by atoms with Crippen molar-refractivity contribution >= 4 is 17.8 Å². The zero-order valence-electron chi connectivity index (χ0n) is 15.6. The molecule has 2 aliphatic rings. The lowest BCUT2D eigenvalue weighted by atomic mass is 9.87. The molecule has 1 aromatic rings. The van der Waals surface area contributed by atoms with Crippen LogP contribution in [0.15, 0.2) is 12.1 Å². The van der Waals surface area contributed by atoms with E-state index in [9.17, 15) is 14.4 Å². The molecule has 0 aliphatic carbocycles. The second kappa shape index (κ2) is 7.34. The van der Waals surface area contributed by atoms with Crippen LogP contribution in [0.25, 0.3) is 0 Å². The largest absolute Gasteiger partial charge is 0.493 e. The minimum Gasteiger partial charge on any atom is -0.493 e. The van der Waals surface area contributed by atoms with Crippen LogP contribution in [0.5, 0.6) is 17.2 Å². The van der Waals surface area contributed by atoms with Gasteiger partial charge in [0.15, 0.2) is 11.5 Å². The van der Waals surface area contributed by atoms with Gasteiger partial charge in [0.25, 0.3) is 5.91 Å². The standard InChI is InChI=1S/C18H23N3O6/c1-25-12-8-11(9-13(26-2)15(12)27-3)10-14(22)21-6-4-18(5-7-21)16(23)19-17(24)20-18/h8-9H,4-7,10H2,1-3H3,(H2,19,20,23,24). The van der Waals surface area contributed by atoms with Crippen LogP contribution in [0.1, 0.15) is 18.4 Å². The molecule has 4 amide bonds. The number of nitrogens with zero attached hydrogens (tertiary/aromatic N) is 1. The molecule has 2 N–H and O–H groups in total. The Labute approximate surface area is 156 Å². The number of hydrogen-bond acceptors (Lipinski definition) is 6. The van der Waals surface area contributed by atoms with Crippen molar-refractivity contribution in [2.45, 2.75) is 24.8 Å². The molecule has 146 valence electrons. The molecule has 2 heterocycles. The van der Waals surface area contributed by atoms with Gasteiger partial charge in [0.1, 0.15) is 5.54 Å². The van der Waals surface area contributed by atoms with Crippen molar-refractivity contribution in [2.24, 2.45) is 0 Å². The van der Waals surface area contributed by atoms with Crippen molar-refractivity contribution in [1.82, 2.24) is 15.5 Å². The van der Waals surface area contributed by atoms with Gasteiger partial charge in [0.2, 0.25) is 11.7 Å². The highest BCUT2D eigenvalue weighted by molar-refractivity contribution is 6.07. The molecule has 2 saturated heterocycles. The summed E-state index contributed by atoms with van der Waals surface area (Å²) in [6.45, 7) is 0.800. The molecule has 0 saturated carbocycles. The van der Waals surface area contributed by atoms with Gasteiger partial charge in [0, 0.05) is 13.1 Å². The monoisotopic (exact) mass is 377 g/mol. The maximum absolute atomic E-state index is 12.7. The Morgan fingerprint density at radius 1 is 1.07 bits per heavy atom. The van der Waals surface area contributed by atoms with Gasteiger partial charge in [-0.3, -0.25) is 14.9 Å². The molecule has 0 radical (unpaired) electrons. The average molecular weight is 377 g/mol. The van der Waals surface area contributed by atoms with E-state index in [1.165, 1.54) is 21.3 Å². The maximum atomic E-state index is 12.7. The fraction of sp³-hybridized carbons (Fsp3) is 0.500. The highest BCUT2D eigenvalue weighted by atomic mass is 16.5. The molecular formula is C18H23N3O6. The Hall–Kier alpha value is -2.97. The first-order valence-corrected chi connectivity index (χ1v) is 8.62. The van der Waals surface area contributed by atoms with Gasteiger partial charge in [-0.05, 0) is 30.5 Å². The fourth-order valence-electron chi connectivity index (χ4n) is 3.54. The minimum atomic E-state index is -0.888. The first-order valence-electron chi connectivity index (χ1n) is 8.62. The van der Waals surface area contributed by atoms with E-state index < -0.39 is 11.6 Å². The van der Waals surface area contributed by atoms with Crippen LogP contribution in [0.4, 0.5) is 4.79 Å². The van der Waals surface area contributed by atoms with Gasteiger partial charge in [-0.1, -0.05) is 0 Å². The number of benzene rings is 1. The first-order chi connectivity index (χ1) is 12.9. The summed E-state index contributed by atoms with van der Waals surface area (Å²) in [7, 11) is 4.56. The van der Waals surface area contributed by atoms with Gasteiger partial charge in [0.05, 0.1) is 27.8 Å². The first kappa shape index (κ1) is 18.8. The predicted octanol–water partition coefficient (Wildman–Crippen LogP) is 0.456. The number of hydrogen-bond donors (Lipinski definition) is 2. The summed E-state index contributed by atoms with van der Waals surface area (Å²) in [5.74, 6) is 1.07. The molecule has 0 bridgehead atoms. The Balaban J connectivity index is 1.68. The SMILES string of the molecule is COc1cc(CC(=O)N2CCC3(CC2)NC(=O)NC3=O)cc(OC)c1OC. The van der Waals surface area contributed by atoms with Crippen LogP contribution in [0.3, 0.4) is 0 Å². The third-order valence-corrected chi connectivity index (χ3v) is 5.06. The lowest BCUT2D eigenvalue weighted by Gasteiger charge is -2.37. The maximum Gasteiger partial charge on any atom is 0.322 e. The van der Waals surface area contributed by atoms with Gasteiger partial charge in [-0.15, -0.1) is 0 Å². The fourth-order valence-corrected chi connectivity index (χ4v) is 3.54. The van der Waals surface area contributed by atoms with Gasteiger partial charge >= 0.3 is 6.03 Å². The van der Waals surface area contributed by atoms with E-state index in [1.807, 2.05) is 0 Å². The normalized spacial score (nSPS) is 18.1. The number of imide groups is 1. The highest BCUT2D eigenvalue weighted by Gasteiger charge is 2.48. The van der Waals surface area contributed by atoms with Crippen molar-refractivity contribution in [3.63, 3.8) is 0 Å². The van der Waals surface area contributed by atoms with Crippen LogP contribution in [-0.2, 0) is 16.0 Å². The molecule has 0 atom stereocenters. The number of urea groups is 1. The second-order valence-electron chi connectivity index (χ2n) is 6.58. The number of likely N-dealkylation sites (tertiary alicyclic amines) is 1. The third kappa shape index (κ3) is 3.49. The lowest BCUT2D eigenvalue weighted by molar-refractivity contribution is -0.135. The van der Waals surface area contributed by atoms with Crippen LogP contribution < -0.4 is 24.8 Å². The quantitative estimate of drug-likeness (QED) is 0.722. The third-order valence-electron chi connectivity index (χ3n) is 5.06. The molecular weight excluding hydrogens is 354 g/mol. The van der Waals surface area contributed by atoms with Gasteiger partial charge < -0.3 is 24.4 Å². The smallest absolute Gasteiger partial charge is 0.322 e. The predicted molar refractivity (Wildman–Crippen MR) is 95.0 cm³/mol. The molecule has 9 nitrogen and oxygen atoms in total. The molecule has 0 unspecified atom stereocenters. The molecule has 2 fully saturated rings. The van der Waals surface area contributed by atoms with E-state index in [2.05, 4.69) is 10.6 Å². The van der Waals surface area contributed by atoms with Gasteiger partial charge in [-0.2, -0.15) is 0 Å². The van der Waals surface area contributed by atoms with Crippen molar-refractivity contribution in [3.8, 4) is 17.2 Å². The summed E-state index contributed by atoms with van der Waals surface area (Å²) in [6, 6.07) is 3.02. The number of carbonyl (C=O) groups excluding carboxylic acids is 3. The molecule has 1 spiro atoms. The topological polar surface area (TPSA) is 106 Å². The summed E-state index contributed by atoms with van der Waals surface area (Å²) in [6.07, 6.45) is 0.958. The summed E-state index contributed by atoms with van der Waals surface area (Å²) >= 11 is 0. The van der Waals surface area contributed by atoms with E-state index in [4.69, 9.17) is 14.2 Å². The molecule has 0 aromatic heterocycles. The lowest BCUT2D eigenvalue weighted by Crippen LogP contribution is -2.55. The van der Waals surface area contributed by atoms with E-state index >= 15 is 0 Å². The summed E-state index contributed by atoms with van der Waals surface area (Å²) in [5.41, 5.74) is -0.151. The van der Waals surface area contributed by atoms with E-state index in [1.54, 1.807) is 17.0 Å². The number of nitrogens with one attached hydrogen (secondary N) is 2. The Morgan fingerprint density at radius 3 is 2.11 bits per heavy atom. The second-order valence-corrected chi connectivity index (χ2v) is 6.58. The van der Waals surface area contributed by atoms with Crippen LogP contribution in [0, 0.1) is 0 Å². The highest BCUT2D eigenvalue weighted by Crippen LogP contribution is 2.38. The van der Waals surface area contributed by atoms with Gasteiger partial charge in [-0.25, -0.2) is 4.79 Å². The van der Waals surface area contributed by atoms with Crippen LogP contribution in [-0.4, -0.2) is 62.7 Å². The van der Waals surface area contributed by atoms with E-state index in [0.29, 0.717) is 43.2 Å². The number of carbonyl (C=O) groups is 3. The van der Waals surface area contributed by atoms with Crippen molar-refractivity contribution in [2.75, 3.05) is 34.4 Å². The minimum absolute atomic E-state index is 0.0659. The Bertz CT molecular complexity index is 745. The van der Waals surface area contributed by atoms with Crippen LogP contribution >= 0.6 is 0 Å². The molecule has 1 aromatic carbocycles. The van der Waals surface area contributed by atoms with Crippen LogP contribution in [0.2, 0.25) is 0 Å². The van der Waals surface area contributed by atoms with E-state index in [0.717, 1.165) is 5.56 Å². The summed E-state index contributed by atoms with van der Waals surface area (Å²) in [4.78, 5) is 37.8. The number of methoxy groups -OCH3 is 3. The summed E-state index contributed by atoms with van der Waals surface area (Å²) < 4.78 is 15.9. The molecule has 2 aliphatic heterocycles. The Kier molecular flexibility index (Phi) is 5.11. The number of rotatable bonds is 5. The molecule has 27 heavy (non-hydrogen) atoms. The van der Waals surface area contributed by atoms with Crippen molar-refractivity contribution < 1.29 is 28.6 Å². The Morgan fingerprint density at radius 2 is 1.67 bits per heavy atom. The summed E-state index contributed by atoms with van der Waals surface area (Å²) in [5, 5.41) is 4.95. The molecule has 9 heteroatoms. The zero-order chi connectivity index (χ0) is 19.6. The van der Waals surface area contributed by atoms with Crippen molar-refractivity contribution in [3.05, 3.63) is 17.7 Å². The van der Waals surface area contributed by atoms with Crippen molar-refractivity contribution in [1.29, 1.82) is 0 Å². The molecule has 3 rings (SSSR count). The van der Waals surface area contributed by atoms with E-state index in [-0.39, 0.29) is 18.2 Å². The average Bonchev–Trinajstić information content (AvgIpc) is 2.94.